The minimum Gasteiger partial charge on any atom is -0.329 e. The number of hydrogen-bond donors (Lipinski definition) is 1. The highest BCUT2D eigenvalue weighted by Gasteiger charge is 2.28. The van der Waals surface area contributed by atoms with Crippen molar-refractivity contribution in [2.75, 3.05) is 5.32 Å². The molecule has 0 radical (unpaired) electrons. The van der Waals surface area contributed by atoms with E-state index < -0.39 is 33.6 Å². The highest BCUT2D eigenvalue weighted by molar-refractivity contribution is 8.14. The summed E-state index contributed by atoms with van der Waals surface area (Å²) in [5, 5.41) is 12.9. The molecule has 0 aliphatic heterocycles. The maximum absolute atomic E-state index is 12.7. The van der Waals surface area contributed by atoms with E-state index in [1.54, 1.807) is 0 Å². The number of nitrogens with one attached hydrogen (secondary N) is 1. The average molecular weight is 405 g/mol. The number of hydrogen-bond acceptors (Lipinski definition) is 7. The van der Waals surface area contributed by atoms with E-state index in [2.05, 4.69) is 5.32 Å². The van der Waals surface area contributed by atoms with Crippen molar-refractivity contribution in [2.45, 2.75) is 14.7 Å². The predicted octanol–water partition coefficient (Wildman–Crippen LogP) is 1.92. The summed E-state index contributed by atoms with van der Waals surface area (Å²) in [6.45, 7) is 0. The van der Waals surface area contributed by atoms with E-state index in [9.17, 15) is 31.7 Å². The summed E-state index contributed by atoms with van der Waals surface area (Å²) in [4.78, 5) is 18.8. The second kappa shape index (κ2) is 6.78. The van der Waals surface area contributed by atoms with Crippen LogP contribution in [-0.4, -0.2) is 28.2 Å². The zero-order chi connectivity index (χ0) is 18.8. The SMILES string of the molecule is O=CNc1ccc(S(=O)(=O)Cl)c(S(=O)(=O)c2ccc([N+](=O)[O-])cc2)c1. The zero-order valence-electron chi connectivity index (χ0n) is 12.1. The van der Waals surface area contributed by atoms with Crippen molar-refractivity contribution >= 4 is 47.4 Å². The molecule has 0 aromatic heterocycles. The van der Waals surface area contributed by atoms with Gasteiger partial charge in [-0.15, -0.1) is 0 Å². The molecule has 1 N–H and O–H groups in total. The van der Waals surface area contributed by atoms with Gasteiger partial charge in [0.2, 0.25) is 16.2 Å². The van der Waals surface area contributed by atoms with E-state index >= 15 is 0 Å². The van der Waals surface area contributed by atoms with Crippen LogP contribution in [0, 0.1) is 10.1 Å². The number of non-ortho nitro benzene ring substituents is 1. The Kier molecular flexibility index (Phi) is 5.11. The molecular weight excluding hydrogens is 396 g/mol. The summed E-state index contributed by atoms with van der Waals surface area (Å²) in [6.07, 6.45) is 0.284. The Morgan fingerprint density at radius 1 is 1.00 bits per heavy atom. The first-order valence-electron chi connectivity index (χ1n) is 6.36. The summed E-state index contributed by atoms with van der Waals surface area (Å²) >= 11 is 0. The number of anilines is 1. The fraction of sp³-hybridized carbons (Fsp3) is 0. The summed E-state index contributed by atoms with van der Waals surface area (Å²) in [6, 6.07) is 6.91. The van der Waals surface area contributed by atoms with Crippen molar-refractivity contribution < 1.29 is 26.6 Å². The largest absolute Gasteiger partial charge is 0.329 e. The van der Waals surface area contributed by atoms with Crippen LogP contribution in [0.1, 0.15) is 0 Å². The second-order valence-corrected chi connectivity index (χ2v) is 9.07. The lowest BCUT2D eigenvalue weighted by Crippen LogP contribution is -2.09. The summed E-state index contributed by atoms with van der Waals surface area (Å²) < 4.78 is 48.8. The number of carbonyl (C=O) groups excluding carboxylic acids is 1. The lowest BCUT2D eigenvalue weighted by molar-refractivity contribution is -0.384. The van der Waals surface area contributed by atoms with Crippen molar-refractivity contribution in [1.29, 1.82) is 0 Å². The number of nitrogens with zero attached hydrogens (tertiary/aromatic N) is 1. The highest BCUT2D eigenvalue weighted by Crippen LogP contribution is 2.32. The van der Waals surface area contributed by atoms with Gasteiger partial charge in [0.15, 0.2) is 0 Å². The maximum atomic E-state index is 12.7. The van der Waals surface area contributed by atoms with Crippen LogP contribution in [0.5, 0.6) is 0 Å². The Bertz CT molecular complexity index is 1050. The molecule has 0 spiro atoms. The average Bonchev–Trinajstić information content (AvgIpc) is 2.54. The molecule has 0 unspecified atom stereocenters. The smallest absolute Gasteiger partial charge is 0.269 e. The number of carbonyl (C=O) groups is 1. The minimum absolute atomic E-state index is 0.0274. The Balaban J connectivity index is 2.70. The maximum Gasteiger partial charge on any atom is 0.269 e. The van der Waals surface area contributed by atoms with E-state index in [0.29, 0.717) is 0 Å². The number of sulfone groups is 1. The van der Waals surface area contributed by atoms with Gasteiger partial charge in [-0.1, -0.05) is 0 Å². The first-order chi connectivity index (χ1) is 11.6. The third-order valence-corrected chi connectivity index (χ3v) is 6.40. The van der Waals surface area contributed by atoms with Crippen LogP contribution < -0.4 is 5.32 Å². The Hall–Kier alpha value is -2.50. The molecule has 2 aromatic rings. The van der Waals surface area contributed by atoms with Gasteiger partial charge >= 0.3 is 0 Å². The molecule has 2 rings (SSSR count). The molecule has 12 heteroatoms. The molecule has 9 nitrogen and oxygen atoms in total. The van der Waals surface area contributed by atoms with Crippen molar-refractivity contribution in [3.05, 3.63) is 52.6 Å². The molecule has 0 aliphatic rings. The van der Waals surface area contributed by atoms with Crippen molar-refractivity contribution in [3.8, 4) is 0 Å². The lowest BCUT2D eigenvalue weighted by atomic mass is 10.3. The molecule has 0 atom stereocenters. The molecule has 0 bridgehead atoms. The molecule has 0 fully saturated rings. The van der Waals surface area contributed by atoms with E-state index in [1.165, 1.54) is 6.07 Å². The van der Waals surface area contributed by atoms with E-state index in [4.69, 9.17) is 10.7 Å². The fourth-order valence-electron chi connectivity index (χ4n) is 1.95. The minimum atomic E-state index is -4.41. The Morgan fingerprint density at radius 2 is 1.60 bits per heavy atom. The number of benzene rings is 2. The first-order valence-corrected chi connectivity index (χ1v) is 10.1. The van der Waals surface area contributed by atoms with Crippen LogP contribution in [0.25, 0.3) is 0 Å². The zero-order valence-corrected chi connectivity index (χ0v) is 14.5. The molecular formula is C13H9ClN2O7S2. The van der Waals surface area contributed by atoms with Gasteiger partial charge in [-0.3, -0.25) is 14.9 Å². The van der Waals surface area contributed by atoms with Crippen molar-refractivity contribution in [3.63, 3.8) is 0 Å². The molecule has 25 heavy (non-hydrogen) atoms. The number of nitro benzene ring substituents is 1. The van der Waals surface area contributed by atoms with E-state index in [0.717, 1.165) is 36.4 Å². The molecule has 0 saturated carbocycles. The normalized spacial score (nSPS) is 11.7. The van der Waals surface area contributed by atoms with E-state index in [-0.39, 0.29) is 22.7 Å². The second-order valence-electron chi connectivity index (χ2n) is 4.62. The van der Waals surface area contributed by atoms with Gasteiger partial charge < -0.3 is 5.32 Å². The summed E-state index contributed by atoms with van der Waals surface area (Å²) in [5.41, 5.74) is -0.305. The van der Waals surface area contributed by atoms with Crippen LogP contribution in [0.3, 0.4) is 0 Å². The van der Waals surface area contributed by atoms with Crippen molar-refractivity contribution in [1.82, 2.24) is 0 Å². The van der Waals surface area contributed by atoms with Crippen LogP contribution in [0.4, 0.5) is 11.4 Å². The molecule has 132 valence electrons. The number of rotatable bonds is 6. The summed E-state index contributed by atoms with van der Waals surface area (Å²) in [5.74, 6) is 0. The third-order valence-electron chi connectivity index (χ3n) is 3.08. The number of halogens is 1. The third kappa shape index (κ3) is 3.95. The van der Waals surface area contributed by atoms with Gasteiger partial charge in [0.25, 0.3) is 14.7 Å². The van der Waals surface area contributed by atoms with Crippen LogP contribution in [0.15, 0.2) is 57.2 Å². The monoisotopic (exact) mass is 404 g/mol. The molecule has 1 amide bonds. The quantitative estimate of drug-likeness (QED) is 0.335. The number of amides is 1. The standard InChI is InChI=1S/C13H9ClN2O7S2/c14-25(22,23)12-6-1-9(15-8-17)7-13(12)24(20,21)11-4-2-10(3-5-11)16(18)19/h1-8H,(H,15,17). The van der Waals surface area contributed by atoms with Gasteiger partial charge in [-0.2, -0.15) is 0 Å². The van der Waals surface area contributed by atoms with E-state index in [1.807, 2.05) is 0 Å². The summed E-state index contributed by atoms with van der Waals surface area (Å²) in [7, 11) is -3.51. The predicted molar refractivity (Wildman–Crippen MR) is 87.7 cm³/mol. The van der Waals surface area contributed by atoms with Crippen LogP contribution in [-0.2, 0) is 23.7 Å². The fourth-order valence-corrected chi connectivity index (χ4v) is 5.04. The van der Waals surface area contributed by atoms with Gasteiger partial charge in [0.1, 0.15) is 4.90 Å². The lowest BCUT2D eigenvalue weighted by Gasteiger charge is -2.10. The molecule has 0 aliphatic carbocycles. The van der Waals surface area contributed by atoms with Crippen LogP contribution >= 0.6 is 10.7 Å². The molecule has 0 saturated heterocycles. The van der Waals surface area contributed by atoms with Gasteiger partial charge in [0, 0.05) is 28.5 Å². The Morgan fingerprint density at radius 3 is 2.08 bits per heavy atom. The Labute approximate surface area is 146 Å². The highest BCUT2D eigenvalue weighted by atomic mass is 35.7. The van der Waals surface area contributed by atoms with Gasteiger partial charge in [0.05, 0.1) is 14.7 Å². The first kappa shape index (κ1) is 18.8. The number of nitro groups is 1. The molecule has 0 heterocycles. The van der Waals surface area contributed by atoms with Crippen LogP contribution in [0.2, 0.25) is 0 Å². The topological polar surface area (TPSA) is 141 Å². The van der Waals surface area contributed by atoms with Gasteiger partial charge in [-0.25, -0.2) is 16.8 Å². The molecule has 2 aromatic carbocycles. The van der Waals surface area contributed by atoms with Gasteiger partial charge in [-0.05, 0) is 30.3 Å². The van der Waals surface area contributed by atoms with Crippen molar-refractivity contribution in [2.24, 2.45) is 0 Å².